The molecule has 0 fully saturated rings. The number of halogens is 2. The van der Waals surface area contributed by atoms with Gasteiger partial charge in [0.1, 0.15) is 0 Å². The van der Waals surface area contributed by atoms with Crippen LogP contribution in [0.1, 0.15) is 20.3 Å². The Morgan fingerprint density at radius 2 is 1.75 bits per heavy atom. The molecule has 0 aromatic rings. The topological polar surface area (TPSA) is 0 Å². The number of alkyl halides is 2. The molecule has 3 heteroatoms. The van der Waals surface area contributed by atoms with Gasteiger partial charge in [0.25, 0.3) is 0 Å². The quantitative estimate of drug-likeness (QED) is 0.662. The van der Waals surface area contributed by atoms with Gasteiger partial charge in [-0.15, -0.1) is 0 Å². The van der Waals surface area contributed by atoms with E-state index in [1.165, 1.54) is 12.2 Å². The summed E-state index contributed by atoms with van der Waals surface area (Å²) in [5.41, 5.74) is 0.447. The molecule has 74 valence electrons. The molecule has 0 aliphatic carbocycles. The van der Waals surface area contributed by atoms with Gasteiger partial charge in [-0.2, -0.15) is 11.8 Å². The van der Waals surface area contributed by atoms with E-state index in [0.717, 1.165) is 16.6 Å². The zero-order valence-corrected chi connectivity index (χ0v) is 12.1. The highest BCUT2D eigenvalue weighted by atomic mass is 79.9. The summed E-state index contributed by atoms with van der Waals surface area (Å²) in [6.45, 7) is 4.62. The summed E-state index contributed by atoms with van der Waals surface area (Å²) in [4.78, 5) is 0. The lowest BCUT2D eigenvalue weighted by Crippen LogP contribution is -2.31. The maximum Gasteiger partial charge on any atom is 0.00987 e. The van der Waals surface area contributed by atoms with Crippen LogP contribution in [-0.2, 0) is 0 Å². The van der Waals surface area contributed by atoms with Gasteiger partial charge < -0.3 is 0 Å². The minimum atomic E-state index is 0.447. The fourth-order valence-electron chi connectivity index (χ4n) is 1.07. The molecule has 0 aromatic carbocycles. The maximum absolute atomic E-state index is 3.62. The standard InChI is InChI=1S/C9H18Br2S/c1-8(2)9(6-10,7-11)4-5-12-3/h8H,4-7H2,1-3H3. The van der Waals surface area contributed by atoms with Crippen molar-refractivity contribution in [2.75, 3.05) is 22.7 Å². The van der Waals surface area contributed by atoms with E-state index in [2.05, 4.69) is 52.0 Å². The summed E-state index contributed by atoms with van der Waals surface area (Å²) in [5, 5.41) is 2.20. The van der Waals surface area contributed by atoms with E-state index in [-0.39, 0.29) is 0 Å². The summed E-state index contributed by atoms with van der Waals surface area (Å²) in [6.07, 6.45) is 3.47. The van der Waals surface area contributed by atoms with Gasteiger partial charge in [-0.1, -0.05) is 45.7 Å². The third kappa shape index (κ3) is 3.59. The van der Waals surface area contributed by atoms with E-state index in [9.17, 15) is 0 Å². The highest BCUT2D eigenvalue weighted by molar-refractivity contribution is 9.09. The number of hydrogen-bond acceptors (Lipinski definition) is 1. The molecular formula is C9H18Br2S. The first-order chi connectivity index (χ1) is 5.63. The molecular weight excluding hydrogens is 300 g/mol. The average molecular weight is 318 g/mol. The number of hydrogen-bond donors (Lipinski definition) is 0. The SMILES string of the molecule is CSCCC(CBr)(CBr)C(C)C. The van der Waals surface area contributed by atoms with Crippen molar-refractivity contribution in [3.05, 3.63) is 0 Å². The highest BCUT2D eigenvalue weighted by Gasteiger charge is 2.30. The van der Waals surface area contributed by atoms with Crippen LogP contribution >= 0.6 is 43.6 Å². The molecule has 0 unspecified atom stereocenters. The Morgan fingerprint density at radius 3 is 2.00 bits per heavy atom. The highest BCUT2D eigenvalue weighted by Crippen LogP contribution is 2.36. The Hall–Kier alpha value is 1.31. The zero-order chi connectivity index (χ0) is 9.61. The fraction of sp³-hybridized carbons (Fsp3) is 1.00. The van der Waals surface area contributed by atoms with Crippen LogP contribution in [0.4, 0.5) is 0 Å². The van der Waals surface area contributed by atoms with Crippen LogP contribution < -0.4 is 0 Å². The van der Waals surface area contributed by atoms with E-state index in [1.54, 1.807) is 0 Å². The van der Waals surface area contributed by atoms with E-state index in [1.807, 2.05) is 11.8 Å². The molecule has 0 saturated heterocycles. The third-order valence-electron chi connectivity index (χ3n) is 2.56. The maximum atomic E-state index is 3.62. The second-order valence-corrected chi connectivity index (χ2v) is 5.63. The molecule has 0 rings (SSSR count). The normalized spacial score (nSPS) is 12.5. The summed E-state index contributed by atoms with van der Waals surface area (Å²) < 4.78 is 0. The molecule has 0 aliphatic rings. The Labute approximate surface area is 97.5 Å². The number of thioether (sulfide) groups is 1. The predicted molar refractivity (Wildman–Crippen MR) is 67.9 cm³/mol. The van der Waals surface area contributed by atoms with Crippen molar-refractivity contribution in [1.82, 2.24) is 0 Å². The molecule has 0 N–H and O–H groups in total. The second kappa shape index (κ2) is 6.72. The van der Waals surface area contributed by atoms with Crippen molar-refractivity contribution in [1.29, 1.82) is 0 Å². The van der Waals surface area contributed by atoms with Crippen molar-refractivity contribution in [3.8, 4) is 0 Å². The lowest BCUT2D eigenvalue weighted by atomic mass is 9.79. The van der Waals surface area contributed by atoms with Gasteiger partial charge in [-0.3, -0.25) is 0 Å². The first kappa shape index (κ1) is 13.3. The molecule has 0 spiro atoms. The Bertz CT molecular complexity index is 111. The molecule has 0 aromatic heterocycles. The molecule has 0 amide bonds. The fourth-order valence-corrected chi connectivity index (χ4v) is 4.47. The van der Waals surface area contributed by atoms with Crippen molar-refractivity contribution >= 4 is 43.6 Å². The van der Waals surface area contributed by atoms with E-state index in [4.69, 9.17) is 0 Å². The largest absolute Gasteiger partial charge is 0.165 e. The van der Waals surface area contributed by atoms with Gasteiger partial charge >= 0.3 is 0 Å². The molecule has 0 saturated carbocycles. The van der Waals surface area contributed by atoms with Crippen molar-refractivity contribution in [2.45, 2.75) is 20.3 Å². The predicted octanol–water partition coefficient (Wildman–Crippen LogP) is 4.17. The van der Waals surface area contributed by atoms with E-state index < -0.39 is 0 Å². The van der Waals surface area contributed by atoms with Gasteiger partial charge in [-0.25, -0.2) is 0 Å². The van der Waals surface area contributed by atoms with Crippen LogP contribution in [0, 0.1) is 11.3 Å². The first-order valence-electron chi connectivity index (χ1n) is 4.24. The second-order valence-electron chi connectivity index (χ2n) is 3.53. The van der Waals surface area contributed by atoms with Gasteiger partial charge in [0, 0.05) is 10.7 Å². The molecule has 0 bridgehead atoms. The first-order valence-corrected chi connectivity index (χ1v) is 7.87. The molecule has 0 radical (unpaired) electrons. The molecule has 0 nitrogen and oxygen atoms in total. The van der Waals surface area contributed by atoms with Crippen molar-refractivity contribution in [3.63, 3.8) is 0 Å². The minimum Gasteiger partial charge on any atom is -0.165 e. The van der Waals surface area contributed by atoms with Gasteiger partial charge in [0.15, 0.2) is 0 Å². The van der Waals surface area contributed by atoms with Crippen LogP contribution in [0.2, 0.25) is 0 Å². The van der Waals surface area contributed by atoms with E-state index >= 15 is 0 Å². The van der Waals surface area contributed by atoms with Crippen LogP contribution in [0.25, 0.3) is 0 Å². The molecule has 12 heavy (non-hydrogen) atoms. The third-order valence-corrected chi connectivity index (χ3v) is 5.41. The summed E-state index contributed by atoms with van der Waals surface area (Å²) in [5.74, 6) is 2.00. The van der Waals surface area contributed by atoms with Gasteiger partial charge in [0.05, 0.1) is 0 Å². The Balaban J connectivity index is 4.15. The summed E-state index contributed by atoms with van der Waals surface area (Å²) in [6, 6.07) is 0. The van der Waals surface area contributed by atoms with Gasteiger partial charge in [-0.05, 0) is 29.8 Å². The molecule has 0 atom stereocenters. The zero-order valence-electron chi connectivity index (χ0n) is 8.07. The lowest BCUT2D eigenvalue weighted by Gasteiger charge is -2.34. The smallest absolute Gasteiger partial charge is 0.00987 e. The Morgan fingerprint density at radius 1 is 1.25 bits per heavy atom. The minimum absolute atomic E-state index is 0.447. The van der Waals surface area contributed by atoms with Gasteiger partial charge in [0.2, 0.25) is 0 Å². The lowest BCUT2D eigenvalue weighted by molar-refractivity contribution is 0.262. The molecule has 0 heterocycles. The summed E-state index contributed by atoms with van der Waals surface area (Å²) >= 11 is 9.18. The molecule has 0 aliphatic heterocycles. The van der Waals surface area contributed by atoms with E-state index in [0.29, 0.717) is 5.41 Å². The van der Waals surface area contributed by atoms with Crippen LogP contribution in [0.5, 0.6) is 0 Å². The van der Waals surface area contributed by atoms with Crippen LogP contribution in [-0.4, -0.2) is 22.7 Å². The monoisotopic (exact) mass is 316 g/mol. The summed E-state index contributed by atoms with van der Waals surface area (Å²) in [7, 11) is 0. The van der Waals surface area contributed by atoms with Crippen molar-refractivity contribution < 1.29 is 0 Å². The van der Waals surface area contributed by atoms with Crippen molar-refractivity contribution in [2.24, 2.45) is 11.3 Å². The number of rotatable bonds is 6. The van der Waals surface area contributed by atoms with Crippen LogP contribution in [0.15, 0.2) is 0 Å². The Kier molecular flexibility index (Phi) is 7.45. The average Bonchev–Trinajstić information content (AvgIpc) is 2.07. The van der Waals surface area contributed by atoms with Crippen LogP contribution in [0.3, 0.4) is 0 Å².